The first-order chi connectivity index (χ1) is 13.5. The van der Waals surface area contributed by atoms with Crippen LogP contribution in [0.3, 0.4) is 0 Å². The number of anilines is 2. The standard InChI is InChI=1S/C20H21N3O3S2/c1-13-3-7-16(8-4-13)21-19-22-23-20(28-19)27-12-17(25)11-26-18-9-5-15(6-10-18)14(2)24/h3-10,17,25H,11-12H2,1-2H3,(H,21,22). The molecule has 0 saturated heterocycles. The number of ether oxygens (including phenoxy) is 1. The van der Waals surface area contributed by atoms with Crippen molar-refractivity contribution in [2.75, 3.05) is 17.7 Å². The second kappa shape index (κ2) is 9.68. The minimum Gasteiger partial charge on any atom is -0.491 e. The zero-order valence-electron chi connectivity index (χ0n) is 15.6. The van der Waals surface area contributed by atoms with Crippen LogP contribution in [-0.2, 0) is 0 Å². The number of thioether (sulfide) groups is 1. The van der Waals surface area contributed by atoms with E-state index in [2.05, 4.69) is 15.5 Å². The molecule has 0 fully saturated rings. The number of aliphatic hydroxyl groups is 1. The van der Waals surface area contributed by atoms with E-state index < -0.39 is 6.10 Å². The molecule has 0 aliphatic heterocycles. The number of aromatic nitrogens is 2. The van der Waals surface area contributed by atoms with E-state index in [9.17, 15) is 9.90 Å². The molecule has 0 amide bonds. The van der Waals surface area contributed by atoms with Crippen LogP contribution in [0.2, 0.25) is 0 Å². The fourth-order valence-electron chi connectivity index (χ4n) is 2.27. The molecule has 3 rings (SSSR count). The van der Waals surface area contributed by atoms with Crippen LogP contribution in [0.25, 0.3) is 0 Å². The largest absolute Gasteiger partial charge is 0.491 e. The van der Waals surface area contributed by atoms with E-state index in [0.717, 1.165) is 10.0 Å². The van der Waals surface area contributed by atoms with Crippen molar-refractivity contribution in [3.05, 3.63) is 59.7 Å². The summed E-state index contributed by atoms with van der Waals surface area (Å²) in [5.41, 5.74) is 2.79. The van der Waals surface area contributed by atoms with Gasteiger partial charge in [0.1, 0.15) is 12.4 Å². The van der Waals surface area contributed by atoms with Crippen molar-refractivity contribution in [2.45, 2.75) is 24.3 Å². The van der Waals surface area contributed by atoms with E-state index in [1.165, 1.54) is 35.6 Å². The lowest BCUT2D eigenvalue weighted by Gasteiger charge is -2.11. The average Bonchev–Trinajstić information content (AvgIpc) is 3.14. The van der Waals surface area contributed by atoms with Crippen LogP contribution in [0.1, 0.15) is 22.8 Å². The summed E-state index contributed by atoms with van der Waals surface area (Å²) in [5.74, 6) is 1.08. The molecular formula is C20H21N3O3S2. The molecule has 146 valence electrons. The highest BCUT2D eigenvalue weighted by Gasteiger charge is 2.11. The minimum absolute atomic E-state index is 0.0104. The number of nitrogens with one attached hydrogen (secondary N) is 1. The Morgan fingerprint density at radius 2 is 1.89 bits per heavy atom. The molecule has 6 nitrogen and oxygen atoms in total. The molecule has 3 aromatic rings. The highest BCUT2D eigenvalue weighted by molar-refractivity contribution is 8.01. The van der Waals surface area contributed by atoms with E-state index >= 15 is 0 Å². The molecule has 1 aromatic heterocycles. The maximum Gasteiger partial charge on any atom is 0.210 e. The number of aryl methyl sites for hydroxylation is 1. The molecule has 2 N–H and O–H groups in total. The lowest BCUT2D eigenvalue weighted by Crippen LogP contribution is -2.20. The van der Waals surface area contributed by atoms with Gasteiger partial charge in [0, 0.05) is 17.0 Å². The van der Waals surface area contributed by atoms with E-state index in [0.29, 0.717) is 22.2 Å². The topological polar surface area (TPSA) is 84.3 Å². The first-order valence-corrected chi connectivity index (χ1v) is 10.5. The van der Waals surface area contributed by atoms with E-state index in [1.807, 2.05) is 31.2 Å². The molecule has 0 radical (unpaired) electrons. The lowest BCUT2D eigenvalue weighted by molar-refractivity contribution is 0.101. The molecule has 1 unspecified atom stereocenters. The summed E-state index contributed by atoms with van der Waals surface area (Å²) in [6.45, 7) is 3.73. The number of carbonyl (C=O) groups is 1. The highest BCUT2D eigenvalue weighted by atomic mass is 32.2. The van der Waals surface area contributed by atoms with Crippen molar-refractivity contribution in [1.82, 2.24) is 10.2 Å². The number of rotatable bonds is 9. The quantitative estimate of drug-likeness (QED) is 0.398. The SMILES string of the molecule is CC(=O)c1ccc(OCC(O)CSc2nnc(Nc3ccc(C)cc3)s2)cc1. The Bertz CT molecular complexity index is 911. The summed E-state index contributed by atoms with van der Waals surface area (Å²) in [6.07, 6.45) is -0.644. The second-order valence-electron chi connectivity index (χ2n) is 6.22. The Hall–Kier alpha value is -2.42. The van der Waals surface area contributed by atoms with Crippen molar-refractivity contribution in [1.29, 1.82) is 0 Å². The van der Waals surface area contributed by atoms with E-state index in [1.54, 1.807) is 24.3 Å². The summed E-state index contributed by atoms with van der Waals surface area (Å²) in [5, 5.41) is 22.3. The number of hydrogen-bond acceptors (Lipinski definition) is 8. The summed E-state index contributed by atoms with van der Waals surface area (Å²) < 4.78 is 6.34. The van der Waals surface area contributed by atoms with Gasteiger partial charge in [-0.05, 0) is 50.2 Å². The lowest BCUT2D eigenvalue weighted by atomic mass is 10.1. The monoisotopic (exact) mass is 415 g/mol. The van der Waals surface area contributed by atoms with Gasteiger partial charge >= 0.3 is 0 Å². The van der Waals surface area contributed by atoms with Crippen LogP contribution in [0, 0.1) is 6.92 Å². The second-order valence-corrected chi connectivity index (χ2v) is 8.47. The van der Waals surface area contributed by atoms with Gasteiger partial charge in [0.2, 0.25) is 5.13 Å². The smallest absolute Gasteiger partial charge is 0.210 e. The maximum absolute atomic E-state index is 11.3. The van der Waals surface area contributed by atoms with Gasteiger partial charge < -0.3 is 15.2 Å². The highest BCUT2D eigenvalue weighted by Crippen LogP contribution is 2.28. The van der Waals surface area contributed by atoms with Crippen molar-refractivity contribution >= 4 is 39.7 Å². The molecule has 0 aliphatic rings. The summed E-state index contributed by atoms with van der Waals surface area (Å²) >= 11 is 2.87. The summed E-state index contributed by atoms with van der Waals surface area (Å²) in [7, 11) is 0. The molecule has 1 atom stereocenters. The minimum atomic E-state index is -0.644. The predicted molar refractivity (Wildman–Crippen MR) is 113 cm³/mol. The van der Waals surface area contributed by atoms with Crippen LogP contribution in [0.5, 0.6) is 5.75 Å². The van der Waals surface area contributed by atoms with Crippen LogP contribution < -0.4 is 10.1 Å². The Labute approximate surface area is 172 Å². The Balaban J connectivity index is 1.43. The molecule has 0 bridgehead atoms. The van der Waals surface area contributed by atoms with Gasteiger partial charge in [-0.3, -0.25) is 4.79 Å². The Morgan fingerprint density at radius 3 is 2.57 bits per heavy atom. The molecule has 0 saturated carbocycles. The fraction of sp³-hybridized carbons (Fsp3) is 0.250. The van der Waals surface area contributed by atoms with Gasteiger partial charge in [-0.1, -0.05) is 40.8 Å². The van der Waals surface area contributed by atoms with Gasteiger partial charge in [0.05, 0.1) is 6.10 Å². The molecule has 8 heteroatoms. The number of ketones is 1. The fourth-order valence-corrected chi connectivity index (χ4v) is 3.98. The van der Waals surface area contributed by atoms with Crippen LogP contribution >= 0.6 is 23.1 Å². The maximum atomic E-state index is 11.3. The third-order valence-electron chi connectivity index (χ3n) is 3.81. The number of Topliss-reactive ketones (excluding diaryl/α,β-unsaturated/α-hetero) is 1. The molecule has 28 heavy (non-hydrogen) atoms. The Kier molecular flexibility index (Phi) is 7.02. The van der Waals surface area contributed by atoms with Crippen molar-refractivity contribution in [3.8, 4) is 5.75 Å². The third-order valence-corrected chi connectivity index (χ3v) is 5.93. The normalized spacial score (nSPS) is 11.8. The zero-order valence-corrected chi connectivity index (χ0v) is 17.2. The van der Waals surface area contributed by atoms with Gasteiger partial charge in [0.15, 0.2) is 10.1 Å². The van der Waals surface area contributed by atoms with Gasteiger partial charge in [0.25, 0.3) is 0 Å². The van der Waals surface area contributed by atoms with Crippen LogP contribution in [0.15, 0.2) is 52.9 Å². The molecule has 2 aromatic carbocycles. The van der Waals surface area contributed by atoms with Crippen LogP contribution in [-0.4, -0.2) is 39.6 Å². The van der Waals surface area contributed by atoms with Gasteiger partial charge in [-0.25, -0.2) is 0 Å². The van der Waals surface area contributed by atoms with Crippen molar-refractivity contribution in [3.63, 3.8) is 0 Å². The first kappa shape index (κ1) is 20.3. The first-order valence-electron chi connectivity index (χ1n) is 8.71. The molecule has 0 spiro atoms. The molecule has 0 aliphatic carbocycles. The predicted octanol–water partition coefficient (Wildman–Crippen LogP) is 4.32. The van der Waals surface area contributed by atoms with E-state index in [4.69, 9.17) is 4.74 Å². The van der Waals surface area contributed by atoms with Gasteiger partial charge in [-0.15, -0.1) is 10.2 Å². The Morgan fingerprint density at radius 1 is 1.18 bits per heavy atom. The molecular weight excluding hydrogens is 394 g/mol. The van der Waals surface area contributed by atoms with Gasteiger partial charge in [-0.2, -0.15) is 0 Å². The number of nitrogens with zero attached hydrogens (tertiary/aromatic N) is 2. The van der Waals surface area contributed by atoms with Crippen molar-refractivity contribution < 1.29 is 14.6 Å². The van der Waals surface area contributed by atoms with Crippen LogP contribution in [0.4, 0.5) is 10.8 Å². The van der Waals surface area contributed by atoms with Crippen molar-refractivity contribution in [2.24, 2.45) is 0 Å². The number of carbonyl (C=O) groups excluding carboxylic acids is 1. The molecule has 1 heterocycles. The number of hydrogen-bond donors (Lipinski definition) is 2. The third kappa shape index (κ3) is 6.05. The summed E-state index contributed by atoms with van der Waals surface area (Å²) in [4.78, 5) is 11.3. The van der Waals surface area contributed by atoms with E-state index in [-0.39, 0.29) is 12.4 Å². The zero-order chi connectivity index (χ0) is 19.9. The summed E-state index contributed by atoms with van der Waals surface area (Å²) in [6, 6.07) is 14.9. The average molecular weight is 416 g/mol. The number of aliphatic hydroxyl groups excluding tert-OH is 1. The number of benzene rings is 2.